The zero-order valence-corrected chi connectivity index (χ0v) is 12.0. The summed E-state index contributed by atoms with van der Waals surface area (Å²) in [6, 6.07) is 5.58. The van der Waals surface area contributed by atoms with Crippen LogP contribution in [0.1, 0.15) is 12.0 Å². The summed E-state index contributed by atoms with van der Waals surface area (Å²) in [5, 5.41) is 18.4. The molecule has 0 saturated heterocycles. The summed E-state index contributed by atoms with van der Waals surface area (Å²) in [7, 11) is -3.70. The van der Waals surface area contributed by atoms with Crippen LogP contribution >= 0.6 is 0 Å². The van der Waals surface area contributed by atoms with Crippen LogP contribution in [0.2, 0.25) is 0 Å². The molecule has 8 nitrogen and oxygen atoms in total. The summed E-state index contributed by atoms with van der Waals surface area (Å²) in [5.74, 6) is -0.981. The van der Waals surface area contributed by atoms with Gasteiger partial charge in [-0.05, 0) is 24.1 Å². The van der Waals surface area contributed by atoms with Crippen LogP contribution in [0.25, 0.3) is 0 Å². The van der Waals surface area contributed by atoms with Gasteiger partial charge in [0, 0.05) is 13.1 Å². The Bertz CT molecular complexity index is 598. The van der Waals surface area contributed by atoms with E-state index in [9.17, 15) is 18.0 Å². The number of urea groups is 1. The molecule has 0 fully saturated rings. The van der Waals surface area contributed by atoms with Crippen molar-refractivity contribution >= 4 is 22.0 Å². The van der Waals surface area contributed by atoms with Crippen molar-refractivity contribution in [3.8, 4) is 0 Å². The molecule has 1 aromatic carbocycles. The van der Waals surface area contributed by atoms with E-state index in [1.54, 1.807) is 12.1 Å². The quantitative estimate of drug-likeness (QED) is 0.545. The molecule has 5 N–H and O–H groups in total. The maximum atomic E-state index is 11.3. The number of carboxylic acid groups (broad SMARTS) is 1. The van der Waals surface area contributed by atoms with Crippen LogP contribution in [0.3, 0.4) is 0 Å². The molecule has 21 heavy (non-hydrogen) atoms. The topological polar surface area (TPSA) is 139 Å². The van der Waals surface area contributed by atoms with Gasteiger partial charge in [-0.3, -0.25) is 4.79 Å². The van der Waals surface area contributed by atoms with Crippen LogP contribution in [0, 0.1) is 0 Å². The second kappa shape index (κ2) is 7.60. The molecule has 0 aliphatic rings. The predicted molar refractivity (Wildman–Crippen MR) is 75.2 cm³/mol. The third-order valence-electron chi connectivity index (χ3n) is 2.58. The lowest BCUT2D eigenvalue weighted by Crippen LogP contribution is -2.37. The second-order valence-electron chi connectivity index (χ2n) is 4.27. The Morgan fingerprint density at radius 2 is 1.67 bits per heavy atom. The van der Waals surface area contributed by atoms with E-state index in [0.717, 1.165) is 5.56 Å². The molecule has 0 aliphatic carbocycles. The standard InChI is InChI=1S/C12H17N3O5S/c13-21(19,20)10-3-1-9(2-4-10)5-7-14-12(18)15-8-6-11(16)17/h1-4H,5-8H2,(H,16,17)(H2,13,19,20)(H2,14,15,18). The molecule has 0 heterocycles. The van der Waals surface area contributed by atoms with Gasteiger partial charge in [-0.25, -0.2) is 18.4 Å². The largest absolute Gasteiger partial charge is 0.481 e. The van der Waals surface area contributed by atoms with Crippen LogP contribution in [0.15, 0.2) is 29.2 Å². The monoisotopic (exact) mass is 315 g/mol. The first-order valence-electron chi connectivity index (χ1n) is 6.14. The van der Waals surface area contributed by atoms with Crippen molar-refractivity contribution in [3.05, 3.63) is 29.8 Å². The zero-order chi connectivity index (χ0) is 15.9. The Morgan fingerprint density at radius 1 is 1.10 bits per heavy atom. The molecule has 0 aliphatic heterocycles. The minimum atomic E-state index is -3.70. The Labute approximate surface area is 122 Å². The molecule has 0 saturated carbocycles. The van der Waals surface area contributed by atoms with Crippen molar-refractivity contribution < 1.29 is 23.1 Å². The molecule has 0 spiro atoms. The lowest BCUT2D eigenvalue weighted by atomic mass is 10.1. The Hall–Kier alpha value is -2.13. The van der Waals surface area contributed by atoms with Gasteiger partial charge >= 0.3 is 12.0 Å². The van der Waals surface area contributed by atoms with Crippen LogP contribution in [-0.4, -0.2) is 38.6 Å². The van der Waals surface area contributed by atoms with Gasteiger partial charge in [-0.15, -0.1) is 0 Å². The summed E-state index contributed by atoms with van der Waals surface area (Å²) < 4.78 is 22.1. The number of primary sulfonamides is 1. The molecule has 0 atom stereocenters. The summed E-state index contributed by atoms with van der Waals surface area (Å²) in [5.41, 5.74) is 0.841. The first kappa shape index (κ1) is 16.9. The van der Waals surface area contributed by atoms with Crippen molar-refractivity contribution in [3.63, 3.8) is 0 Å². The minimum absolute atomic E-state index is 0.0330. The van der Waals surface area contributed by atoms with E-state index < -0.39 is 22.0 Å². The van der Waals surface area contributed by atoms with E-state index in [4.69, 9.17) is 10.2 Å². The lowest BCUT2D eigenvalue weighted by Gasteiger charge is -2.07. The number of hydrogen-bond donors (Lipinski definition) is 4. The first-order valence-corrected chi connectivity index (χ1v) is 7.69. The number of sulfonamides is 1. The Balaban J connectivity index is 2.32. The van der Waals surface area contributed by atoms with Crippen molar-refractivity contribution in [2.24, 2.45) is 5.14 Å². The van der Waals surface area contributed by atoms with Gasteiger partial charge in [0.15, 0.2) is 0 Å². The molecule has 2 amide bonds. The summed E-state index contributed by atoms with van der Waals surface area (Å²) in [4.78, 5) is 21.6. The lowest BCUT2D eigenvalue weighted by molar-refractivity contribution is -0.136. The van der Waals surface area contributed by atoms with Gasteiger partial charge in [0.05, 0.1) is 11.3 Å². The fourth-order valence-corrected chi connectivity index (χ4v) is 2.03. The first-order chi connectivity index (χ1) is 9.79. The maximum absolute atomic E-state index is 11.3. The molecule has 0 unspecified atom stereocenters. The van der Waals surface area contributed by atoms with Crippen LogP contribution in [-0.2, 0) is 21.2 Å². The number of nitrogens with one attached hydrogen (secondary N) is 2. The average Bonchev–Trinajstić information content (AvgIpc) is 2.38. The summed E-state index contributed by atoms with van der Waals surface area (Å²) in [6.45, 7) is 0.401. The van der Waals surface area contributed by atoms with E-state index in [1.807, 2.05) is 0 Å². The van der Waals surface area contributed by atoms with Crippen LogP contribution in [0.4, 0.5) is 4.79 Å². The Kier molecular flexibility index (Phi) is 6.12. The highest BCUT2D eigenvalue weighted by atomic mass is 32.2. The van der Waals surface area contributed by atoms with E-state index in [2.05, 4.69) is 10.6 Å². The Morgan fingerprint density at radius 3 is 2.19 bits per heavy atom. The highest BCUT2D eigenvalue weighted by Gasteiger charge is 2.07. The second-order valence-corrected chi connectivity index (χ2v) is 5.83. The van der Waals surface area contributed by atoms with Gasteiger partial charge < -0.3 is 15.7 Å². The molecule has 116 valence electrons. The van der Waals surface area contributed by atoms with E-state index >= 15 is 0 Å². The molecule has 9 heteroatoms. The van der Waals surface area contributed by atoms with Gasteiger partial charge in [0.1, 0.15) is 0 Å². The number of nitrogens with two attached hydrogens (primary N) is 1. The fourth-order valence-electron chi connectivity index (χ4n) is 1.51. The predicted octanol–water partition coefficient (Wildman–Crippen LogP) is -0.350. The van der Waals surface area contributed by atoms with Gasteiger partial charge in [0.25, 0.3) is 0 Å². The van der Waals surface area contributed by atoms with Crippen LogP contribution < -0.4 is 15.8 Å². The molecule has 0 bridgehead atoms. The summed E-state index contributed by atoms with van der Waals surface area (Å²) in [6.07, 6.45) is 0.375. The van der Waals surface area contributed by atoms with E-state index in [1.165, 1.54) is 12.1 Å². The van der Waals surface area contributed by atoms with Gasteiger partial charge in [0.2, 0.25) is 10.0 Å². The number of carbonyl (C=O) groups is 2. The SMILES string of the molecule is NS(=O)(=O)c1ccc(CCNC(=O)NCCC(=O)O)cc1. The van der Waals surface area contributed by atoms with Crippen molar-refractivity contribution in [2.75, 3.05) is 13.1 Å². The molecular weight excluding hydrogens is 298 g/mol. The third kappa shape index (κ3) is 6.72. The number of hydrogen-bond acceptors (Lipinski definition) is 4. The van der Waals surface area contributed by atoms with Crippen molar-refractivity contribution in [1.29, 1.82) is 0 Å². The number of carboxylic acids is 1. The normalized spacial score (nSPS) is 10.9. The van der Waals surface area contributed by atoms with Crippen molar-refractivity contribution in [2.45, 2.75) is 17.7 Å². The smallest absolute Gasteiger partial charge is 0.314 e. The van der Waals surface area contributed by atoms with Gasteiger partial charge in [-0.1, -0.05) is 12.1 Å². The van der Waals surface area contributed by atoms with Crippen LogP contribution in [0.5, 0.6) is 0 Å². The molecule has 1 aromatic rings. The highest BCUT2D eigenvalue weighted by molar-refractivity contribution is 7.89. The molecule has 1 rings (SSSR count). The number of rotatable bonds is 7. The molecular formula is C12H17N3O5S. The number of amides is 2. The average molecular weight is 315 g/mol. The number of carbonyl (C=O) groups excluding carboxylic acids is 1. The minimum Gasteiger partial charge on any atom is -0.481 e. The number of aliphatic carboxylic acids is 1. The van der Waals surface area contributed by atoms with E-state index in [-0.39, 0.29) is 17.9 Å². The highest BCUT2D eigenvalue weighted by Crippen LogP contribution is 2.08. The maximum Gasteiger partial charge on any atom is 0.314 e. The molecule has 0 radical (unpaired) electrons. The van der Waals surface area contributed by atoms with Gasteiger partial charge in [-0.2, -0.15) is 0 Å². The number of benzene rings is 1. The fraction of sp³-hybridized carbons (Fsp3) is 0.333. The third-order valence-corrected chi connectivity index (χ3v) is 3.50. The van der Waals surface area contributed by atoms with E-state index in [0.29, 0.717) is 13.0 Å². The van der Waals surface area contributed by atoms with Crippen molar-refractivity contribution in [1.82, 2.24) is 10.6 Å². The zero-order valence-electron chi connectivity index (χ0n) is 11.2. The summed E-state index contributed by atoms with van der Waals surface area (Å²) >= 11 is 0. The molecule has 0 aromatic heterocycles.